The molecule has 2 aromatic heterocycles. The zero-order valence-electron chi connectivity index (χ0n) is 16.3. The number of benzene rings is 2. The molecule has 0 saturated carbocycles. The van der Waals surface area contributed by atoms with Crippen molar-refractivity contribution in [3.8, 4) is 17.7 Å². The van der Waals surface area contributed by atoms with Gasteiger partial charge in [-0.2, -0.15) is 10.2 Å². The summed E-state index contributed by atoms with van der Waals surface area (Å²) in [6.45, 7) is 0. The van der Waals surface area contributed by atoms with E-state index in [-0.39, 0.29) is 27.7 Å². The van der Waals surface area contributed by atoms with Gasteiger partial charge in [0.2, 0.25) is 15.7 Å². The normalized spacial score (nSPS) is 11.8. The van der Waals surface area contributed by atoms with E-state index in [9.17, 15) is 22.9 Å². The molecule has 4 aromatic rings. The number of sulfone groups is 1. The lowest BCUT2D eigenvalue weighted by atomic mass is 10.2. The maximum absolute atomic E-state index is 13.3. The Morgan fingerprint density at radius 3 is 2.41 bits per heavy atom. The Bertz CT molecular complexity index is 1540. The van der Waals surface area contributed by atoms with Gasteiger partial charge in [-0.1, -0.05) is 24.3 Å². The fourth-order valence-electron chi connectivity index (χ4n) is 2.93. The van der Waals surface area contributed by atoms with Crippen LogP contribution in [0, 0.1) is 17.1 Å². The van der Waals surface area contributed by atoms with Crippen molar-refractivity contribution >= 4 is 21.6 Å². The van der Waals surface area contributed by atoms with Crippen LogP contribution in [0.25, 0.3) is 11.7 Å². The summed E-state index contributed by atoms with van der Waals surface area (Å²) in [6, 6.07) is 18.9. The average molecular weight is 447 g/mol. The highest BCUT2D eigenvalue weighted by Crippen LogP contribution is 2.26. The molecule has 0 N–H and O–H groups in total. The third kappa shape index (κ3) is 3.99. The van der Waals surface area contributed by atoms with E-state index in [0.717, 1.165) is 6.08 Å². The molecule has 0 aliphatic heterocycles. The topological polar surface area (TPSA) is 102 Å². The molecule has 0 unspecified atom stereocenters. The van der Waals surface area contributed by atoms with Gasteiger partial charge in [-0.05, 0) is 54.6 Å². The van der Waals surface area contributed by atoms with Crippen molar-refractivity contribution in [1.82, 2.24) is 9.38 Å². The number of hydrogen-bond donors (Lipinski definition) is 0. The van der Waals surface area contributed by atoms with E-state index in [0.29, 0.717) is 0 Å². The molecule has 9 heteroatoms. The zero-order chi connectivity index (χ0) is 22.7. The second-order valence-corrected chi connectivity index (χ2v) is 8.48. The molecule has 0 bridgehead atoms. The lowest BCUT2D eigenvalue weighted by Gasteiger charge is -2.10. The summed E-state index contributed by atoms with van der Waals surface area (Å²) in [4.78, 5) is 16.7. The smallest absolute Gasteiger partial charge is 0.269 e. The first-order valence-electron chi connectivity index (χ1n) is 9.27. The van der Waals surface area contributed by atoms with Gasteiger partial charge in [0.1, 0.15) is 33.8 Å². The lowest BCUT2D eigenvalue weighted by molar-refractivity contribution is 0.459. The van der Waals surface area contributed by atoms with E-state index in [1.54, 1.807) is 30.3 Å². The molecule has 0 amide bonds. The van der Waals surface area contributed by atoms with Crippen LogP contribution in [0.3, 0.4) is 0 Å². The van der Waals surface area contributed by atoms with Crippen molar-refractivity contribution in [2.24, 2.45) is 0 Å². The van der Waals surface area contributed by atoms with Gasteiger partial charge >= 0.3 is 0 Å². The summed E-state index contributed by atoms with van der Waals surface area (Å²) < 4.78 is 46.0. The summed E-state index contributed by atoms with van der Waals surface area (Å²) in [7, 11) is -4.20. The molecule has 32 heavy (non-hydrogen) atoms. The van der Waals surface area contributed by atoms with Gasteiger partial charge in [0.05, 0.1) is 4.90 Å². The van der Waals surface area contributed by atoms with Crippen molar-refractivity contribution in [2.75, 3.05) is 0 Å². The molecular formula is C23H14FN3O4S. The number of aromatic nitrogens is 2. The number of ether oxygens (including phenoxy) is 1. The average Bonchev–Trinajstić information content (AvgIpc) is 2.81. The number of nitrogens with zero attached hydrogens (tertiary/aromatic N) is 3. The molecule has 0 aliphatic carbocycles. The molecule has 0 spiro atoms. The fraction of sp³-hybridized carbons (Fsp3) is 0. The summed E-state index contributed by atoms with van der Waals surface area (Å²) in [5, 5.41) is 9.59. The van der Waals surface area contributed by atoms with Crippen molar-refractivity contribution < 1.29 is 17.5 Å². The first-order chi connectivity index (χ1) is 15.4. The molecule has 158 valence electrons. The highest BCUT2D eigenvalue weighted by molar-refractivity contribution is 7.95. The Balaban J connectivity index is 1.93. The molecule has 2 aromatic carbocycles. The zero-order valence-corrected chi connectivity index (χ0v) is 17.2. The van der Waals surface area contributed by atoms with Gasteiger partial charge in [-0.25, -0.2) is 12.8 Å². The molecule has 7 nitrogen and oxygen atoms in total. The quantitative estimate of drug-likeness (QED) is 0.429. The predicted octanol–water partition coefficient (Wildman–Crippen LogP) is 3.96. The van der Waals surface area contributed by atoms with Crippen LogP contribution in [0.1, 0.15) is 5.56 Å². The van der Waals surface area contributed by atoms with Gasteiger partial charge in [0.15, 0.2) is 0 Å². The minimum absolute atomic E-state index is 0.0948. The van der Waals surface area contributed by atoms with Crippen molar-refractivity contribution in [2.45, 2.75) is 4.90 Å². The van der Waals surface area contributed by atoms with Crippen molar-refractivity contribution in [3.05, 3.63) is 106 Å². The van der Waals surface area contributed by atoms with Crippen LogP contribution in [0.2, 0.25) is 0 Å². The second-order valence-electron chi connectivity index (χ2n) is 6.56. The monoisotopic (exact) mass is 447 g/mol. The van der Waals surface area contributed by atoms with E-state index in [2.05, 4.69) is 4.98 Å². The molecule has 4 rings (SSSR count). The number of hydrogen-bond acceptors (Lipinski definition) is 6. The summed E-state index contributed by atoms with van der Waals surface area (Å²) in [6.07, 6.45) is 2.40. The van der Waals surface area contributed by atoms with Gasteiger partial charge < -0.3 is 4.74 Å². The summed E-state index contributed by atoms with van der Waals surface area (Å²) >= 11 is 0. The maximum atomic E-state index is 13.3. The Kier molecular flexibility index (Phi) is 5.54. The number of rotatable bonds is 5. The molecule has 0 radical (unpaired) electrons. The number of allylic oxidation sites excluding steroid dienone is 1. The number of fused-ring (bicyclic) bond motifs is 1. The van der Waals surface area contributed by atoms with Crippen LogP contribution in [0.5, 0.6) is 11.6 Å². The minimum atomic E-state index is -4.20. The van der Waals surface area contributed by atoms with Crippen LogP contribution in [-0.4, -0.2) is 17.8 Å². The molecule has 0 saturated heterocycles. The third-order valence-corrected chi connectivity index (χ3v) is 6.17. The molecule has 2 heterocycles. The first-order valence-corrected chi connectivity index (χ1v) is 10.8. The largest absolute Gasteiger partial charge is 0.438 e. The van der Waals surface area contributed by atoms with Crippen LogP contribution in [0.4, 0.5) is 4.39 Å². The van der Waals surface area contributed by atoms with Gasteiger partial charge in [0, 0.05) is 6.20 Å². The van der Waals surface area contributed by atoms with Gasteiger partial charge in [-0.3, -0.25) is 9.20 Å². The van der Waals surface area contributed by atoms with Gasteiger partial charge in [-0.15, -0.1) is 0 Å². The van der Waals surface area contributed by atoms with Crippen molar-refractivity contribution in [1.29, 1.82) is 5.26 Å². The van der Waals surface area contributed by atoms with E-state index in [1.165, 1.54) is 59.1 Å². The standard InChI is InChI=1S/C23H14FN3O4S/c24-16-9-11-17(12-10-16)31-22-20(23(28)27-13-5-4-8-21(27)26-22)14-19(15-25)32(29,30)18-6-2-1-3-7-18/h1-14H/b19-14+. The number of nitriles is 1. The Hall–Kier alpha value is -4.29. The van der Waals surface area contributed by atoms with E-state index < -0.39 is 26.1 Å². The van der Waals surface area contributed by atoms with E-state index in [4.69, 9.17) is 4.74 Å². The third-order valence-electron chi connectivity index (χ3n) is 4.49. The van der Waals surface area contributed by atoms with Crippen LogP contribution >= 0.6 is 0 Å². The molecule has 0 fully saturated rings. The predicted molar refractivity (Wildman–Crippen MR) is 115 cm³/mol. The highest BCUT2D eigenvalue weighted by atomic mass is 32.2. The summed E-state index contributed by atoms with van der Waals surface area (Å²) in [5.41, 5.74) is -0.631. The first kappa shape index (κ1) is 21.0. The van der Waals surface area contributed by atoms with E-state index in [1.807, 2.05) is 0 Å². The highest BCUT2D eigenvalue weighted by Gasteiger charge is 2.23. The number of halogens is 1. The van der Waals surface area contributed by atoms with Crippen LogP contribution < -0.4 is 10.3 Å². The van der Waals surface area contributed by atoms with Crippen LogP contribution in [0.15, 0.2) is 93.6 Å². The molecular weight excluding hydrogens is 433 g/mol. The van der Waals surface area contributed by atoms with Crippen LogP contribution in [-0.2, 0) is 9.84 Å². The van der Waals surface area contributed by atoms with E-state index >= 15 is 0 Å². The van der Waals surface area contributed by atoms with Gasteiger partial charge in [0.25, 0.3) is 5.56 Å². The maximum Gasteiger partial charge on any atom is 0.269 e. The fourth-order valence-corrected chi connectivity index (χ4v) is 4.09. The number of pyridine rings is 1. The Morgan fingerprint density at radius 1 is 1.03 bits per heavy atom. The SMILES string of the molecule is N#C/C(=C\c1c(Oc2ccc(F)cc2)nc2ccccn2c1=O)S(=O)(=O)c1ccccc1. The van der Waals surface area contributed by atoms with Crippen molar-refractivity contribution in [3.63, 3.8) is 0 Å². The summed E-state index contributed by atoms with van der Waals surface area (Å²) in [5.74, 6) is -0.522. The molecule has 0 aliphatic rings. The Labute approximate surface area is 182 Å². The Morgan fingerprint density at radius 2 is 1.72 bits per heavy atom. The molecule has 0 atom stereocenters. The lowest BCUT2D eigenvalue weighted by Crippen LogP contribution is -2.19. The minimum Gasteiger partial charge on any atom is -0.438 e. The second kappa shape index (κ2) is 8.45.